The molecule has 0 saturated carbocycles. The van der Waals surface area contributed by atoms with E-state index in [9.17, 15) is 0 Å². The van der Waals surface area contributed by atoms with Crippen molar-refractivity contribution >= 4 is 0 Å². The lowest BCUT2D eigenvalue weighted by molar-refractivity contribution is 0.231. The molecule has 0 aliphatic rings. The Morgan fingerprint density at radius 2 is 1.67 bits per heavy atom. The quantitative estimate of drug-likeness (QED) is 0.574. The van der Waals surface area contributed by atoms with Gasteiger partial charge in [0.25, 0.3) is 0 Å². The van der Waals surface area contributed by atoms with Crippen molar-refractivity contribution in [3.05, 3.63) is 6.92 Å². The van der Waals surface area contributed by atoms with Gasteiger partial charge in [0, 0.05) is 5.54 Å². The summed E-state index contributed by atoms with van der Waals surface area (Å²) in [6.45, 7) is 12.3. The first-order chi connectivity index (χ1) is 3.81. The van der Waals surface area contributed by atoms with E-state index in [1.165, 1.54) is 0 Å². The van der Waals surface area contributed by atoms with E-state index in [1.54, 1.807) is 0 Å². The van der Waals surface area contributed by atoms with Crippen molar-refractivity contribution < 1.29 is 0 Å². The second-order valence-corrected chi connectivity index (χ2v) is 3.76. The van der Waals surface area contributed by atoms with Crippen LogP contribution in [0.2, 0.25) is 0 Å². The Hall–Kier alpha value is -0.0400. The van der Waals surface area contributed by atoms with Gasteiger partial charge in [-0.05, 0) is 18.8 Å². The first-order valence-electron chi connectivity index (χ1n) is 3.45. The molecule has 55 valence electrons. The topological polar surface area (TPSA) is 26.0 Å². The molecule has 0 aliphatic carbocycles. The van der Waals surface area contributed by atoms with E-state index in [-0.39, 0.29) is 11.0 Å². The van der Waals surface area contributed by atoms with E-state index in [0.717, 1.165) is 6.42 Å². The Kier molecular flexibility index (Phi) is 2.29. The van der Waals surface area contributed by atoms with Crippen LogP contribution in [0.1, 0.15) is 34.1 Å². The van der Waals surface area contributed by atoms with E-state index < -0.39 is 0 Å². The number of hydrogen-bond donors (Lipinski definition) is 1. The van der Waals surface area contributed by atoms with Gasteiger partial charge in [-0.25, -0.2) is 0 Å². The first kappa shape index (κ1) is 8.96. The molecule has 1 nitrogen and oxygen atoms in total. The molecule has 0 aliphatic heterocycles. The van der Waals surface area contributed by atoms with Crippen molar-refractivity contribution in [1.82, 2.24) is 0 Å². The summed E-state index contributed by atoms with van der Waals surface area (Å²) in [6, 6.07) is 0. The highest BCUT2D eigenvalue weighted by atomic mass is 14.8. The van der Waals surface area contributed by atoms with Crippen LogP contribution in [0.5, 0.6) is 0 Å². The Balaban J connectivity index is 4.14. The zero-order chi connectivity index (χ0) is 7.71. The van der Waals surface area contributed by atoms with Crippen molar-refractivity contribution in [3.63, 3.8) is 0 Å². The first-order valence-corrected chi connectivity index (χ1v) is 3.45. The summed E-state index contributed by atoms with van der Waals surface area (Å²) in [6.07, 6.45) is 0.927. The van der Waals surface area contributed by atoms with Crippen LogP contribution in [-0.4, -0.2) is 5.54 Å². The van der Waals surface area contributed by atoms with E-state index in [2.05, 4.69) is 34.6 Å². The summed E-state index contributed by atoms with van der Waals surface area (Å²) < 4.78 is 0. The maximum atomic E-state index is 5.88. The molecule has 0 heterocycles. The average molecular weight is 128 g/mol. The predicted octanol–water partition coefficient (Wildman–Crippen LogP) is 1.97. The molecule has 0 fully saturated rings. The largest absolute Gasteiger partial charge is 0.325 e. The molecule has 0 aromatic heterocycles. The van der Waals surface area contributed by atoms with Crippen LogP contribution < -0.4 is 5.73 Å². The summed E-state index contributed by atoms with van der Waals surface area (Å²) in [5.41, 5.74) is 5.72. The van der Waals surface area contributed by atoms with Crippen molar-refractivity contribution in [3.8, 4) is 0 Å². The fourth-order valence-electron chi connectivity index (χ4n) is 0.530. The van der Waals surface area contributed by atoms with Crippen LogP contribution in [0.15, 0.2) is 0 Å². The zero-order valence-electron chi connectivity index (χ0n) is 6.99. The fraction of sp³-hybridized carbons (Fsp3) is 0.875. The van der Waals surface area contributed by atoms with E-state index >= 15 is 0 Å². The summed E-state index contributed by atoms with van der Waals surface area (Å²) in [5.74, 6) is 0. The fourth-order valence-corrected chi connectivity index (χ4v) is 0.530. The second kappa shape index (κ2) is 2.30. The summed E-state index contributed by atoms with van der Waals surface area (Å²) in [7, 11) is 0. The molecule has 0 bridgehead atoms. The Morgan fingerprint density at radius 1 is 1.33 bits per heavy atom. The van der Waals surface area contributed by atoms with Gasteiger partial charge in [0.15, 0.2) is 0 Å². The molecule has 2 N–H and O–H groups in total. The Bertz CT molecular complexity index is 87.2. The highest BCUT2D eigenvalue weighted by Crippen LogP contribution is 2.29. The summed E-state index contributed by atoms with van der Waals surface area (Å²) in [5, 5.41) is 0. The normalized spacial score (nSPS) is 19.3. The molecule has 0 amide bonds. The van der Waals surface area contributed by atoms with E-state index in [4.69, 9.17) is 5.73 Å². The molecule has 1 unspecified atom stereocenters. The van der Waals surface area contributed by atoms with Crippen LogP contribution >= 0.6 is 0 Å². The van der Waals surface area contributed by atoms with Crippen LogP contribution in [0.4, 0.5) is 0 Å². The molecular formula is C8H18N. The lowest BCUT2D eigenvalue weighted by Crippen LogP contribution is -2.48. The van der Waals surface area contributed by atoms with Crippen LogP contribution in [-0.2, 0) is 0 Å². The van der Waals surface area contributed by atoms with Crippen molar-refractivity contribution in [1.29, 1.82) is 0 Å². The van der Waals surface area contributed by atoms with Gasteiger partial charge in [-0.1, -0.05) is 27.7 Å². The molecular weight excluding hydrogens is 110 g/mol. The smallest absolute Gasteiger partial charge is 0.0201 e. The number of rotatable bonds is 1. The van der Waals surface area contributed by atoms with Gasteiger partial charge >= 0.3 is 0 Å². The lowest BCUT2D eigenvalue weighted by Gasteiger charge is -2.37. The molecule has 0 aromatic carbocycles. The van der Waals surface area contributed by atoms with E-state index in [0.29, 0.717) is 0 Å². The summed E-state index contributed by atoms with van der Waals surface area (Å²) >= 11 is 0. The third-order valence-electron chi connectivity index (χ3n) is 2.12. The molecule has 1 atom stereocenters. The van der Waals surface area contributed by atoms with Gasteiger partial charge in [0.2, 0.25) is 0 Å². The van der Waals surface area contributed by atoms with Crippen molar-refractivity contribution in [2.75, 3.05) is 0 Å². The predicted molar refractivity (Wildman–Crippen MR) is 42.0 cm³/mol. The van der Waals surface area contributed by atoms with Gasteiger partial charge in [-0.3, -0.25) is 0 Å². The van der Waals surface area contributed by atoms with Crippen LogP contribution in [0.3, 0.4) is 0 Å². The lowest BCUT2D eigenvalue weighted by atomic mass is 9.74. The van der Waals surface area contributed by atoms with Crippen molar-refractivity contribution in [2.45, 2.75) is 39.7 Å². The highest BCUT2D eigenvalue weighted by molar-refractivity contribution is 4.96. The maximum Gasteiger partial charge on any atom is 0.0201 e. The number of hydrogen-bond acceptors (Lipinski definition) is 1. The monoisotopic (exact) mass is 128 g/mol. The van der Waals surface area contributed by atoms with Gasteiger partial charge in [0.1, 0.15) is 0 Å². The minimum Gasteiger partial charge on any atom is -0.325 e. The maximum absolute atomic E-state index is 5.88. The third-order valence-corrected chi connectivity index (χ3v) is 2.12. The average Bonchev–Trinajstić information content (AvgIpc) is 1.64. The molecule has 0 aromatic rings. The molecule has 0 saturated heterocycles. The van der Waals surface area contributed by atoms with Gasteiger partial charge in [-0.15, -0.1) is 0 Å². The molecule has 1 radical (unpaired) electrons. The van der Waals surface area contributed by atoms with Crippen LogP contribution in [0.25, 0.3) is 0 Å². The van der Waals surface area contributed by atoms with Gasteiger partial charge in [-0.2, -0.15) is 0 Å². The zero-order valence-corrected chi connectivity index (χ0v) is 6.99. The minimum absolute atomic E-state index is 0.113. The van der Waals surface area contributed by atoms with Gasteiger partial charge < -0.3 is 5.73 Å². The Morgan fingerprint density at radius 3 is 1.67 bits per heavy atom. The minimum atomic E-state index is -0.271. The van der Waals surface area contributed by atoms with Crippen LogP contribution in [0, 0.1) is 12.3 Å². The molecule has 1 heteroatoms. The second-order valence-electron chi connectivity index (χ2n) is 3.76. The standard InChI is InChI=1S/C8H18N/c1-6-8(5,9)7(2,3)4/h5-6,9H2,1-4H3. The molecule has 9 heavy (non-hydrogen) atoms. The molecule has 0 rings (SSSR count). The molecule has 0 spiro atoms. The summed E-state index contributed by atoms with van der Waals surface area (Å²) in [4.78, 5) is 0. The highest BCUT2D eigenvalue weighted by Gasteiger charge is 2.31. The SMILES string of the molecule is [CH2]C(N)(CC)C(C)(C)C. The Labute approximate surface area is 58.6 Å². The van der Waals surface area contributed by atoms with E-state index in [1.807, 2.05) is 0 Å². The third kappa shape index (κ3) is 1.98. The van der Waals surface area contributed by atoms with Gasteiger partial charge in [0.05, 0.1) is 0 Å². The van der Waals surface area contributed by atoms with Crippen molar-refractivity contribution in [2.24, 2.45) is 11.1 Å². The number of nitrogens with two attached hydrogens (primary N) is 1.